The van der Waals surface area contributed by atoms with Gasteiger partial charge in [-0.1, -0.05) is 0 Å². The van der Waals surface area contributed by atoms with Crippen molar-refractivity contribution in [2.75, 3.05) is 6.54 Å². The minimum atomic E-state index is -2.36. The molecule has 0 aromatic carbocycles. The molecule has 15 heavy (non-hydrogen) atoms. The molecular weight excluding hydrogens is 224 g/mol. The molecule has 84 valence electrons. The van der Waals surface area contributed by atoms with Crippen molar-refractivity contribution in [3.05, 3.63) is 21.9 Å². The van der Waals surface area contributed by atoms with E-state index in [1.165, 1.54) is 11.3 Å². The maximum Gasteiger partial charge on any atom is 0.308 e. The van der Waals surface area contributed by atoms with Gasteiger partial charge < -0.3 is 10.4 Å². The summed E-state index contributed by atoms with van der Waals surface area (Å²) in [6, 6.07) is 3.46. The van der Waals surface area contributed by atoms with Crippen molar-refractivity contribution in [1.82, 2.24) is 5.32 Å². The summed E-state index contributed by atoms with van der Waals surface area (Å²) in [7, 11) is 0. The molecule has 6 heteroatoms. The number of rotatable bonds is 6. The monoisotopic (exact) mass is 235 g/mol. The third-order valence-corrected chi connectivity index (χ3v) is 2.73. The molecule has 0 radical (unpaired) electrons. The molecule has 1 heterocycles. The number of hydrogen-bond acceptors (Lipinski definition) is 3. The third kappa shape index (κ3) is 4.85. The number of hydrogen-bond donors (Lipinski definition) is 2. The van der Waals surface area contributed by atoms with Gasteiger partial charge in [-0.05, 0) is 12.1 Å². The summed E-state index contributed by atoms with van der Waals surface area (Å²) in [6.45, 7) is 0.0147. The number of carboxylic acid groups (broad SMARTS) is 1. The number of alkyl halides is 2. The van der Waals surface area contributed by atoms with E-state index in [1.54, 1.807) is 12.1 Å². The van der Waals surface area contributed by atoms with Gasteiger partial charge in [-0.2, -0.15) is 0 Å². The Labute approximate surface area is 89.7 Å². The predicted molar refractivity (Wildman–Crippen MR) is 53.4 cm³/mol. The lowest BCUT2D eigenvalue weighted by Crippen LogP contribution is -2.19. The van der Waals surface area contributed by atoms with Crippen molar-refractivity contribution in [3.63, 3.8) is 0 Å². The zero-order chi connectivity index (χ0) is 11.3. The second kappa shape index (κ2) is 5.77. The molecule has 0 fully saturated rings. The number of thiophene rings is 1. The molecule has 0 aliphatic carbocycles. The smallest absolute Gasteiger partial charge is 0.308 e. The fourth-order valence-electron chi connectivity index (χ4n) is 1.07. The molecule has 1 aromatic heterocycles. The van der Waals surface area contributed by atoms with E-state index in [0.717, 1.165) is 9.75 Å². The summed E-state index contributed by atoms with van der Waals surface area (Å²) in [4.78, 5) is 12.0. The zero-order valence-electron chi connectivity index (χ0n) is 7.87. The molecule has 3 nitrogen and oxygen atoms in total. The van der Waals surface area contributed by atoms with E-state index in [1.807, 2.05) is 0 Å². The van der Waals surface area contributed by atoms with Crippen LogP contribution in [0.4, 0.5) is 8.78 Å². The highest BCUT2D eigenvalue weighted by molar-refractivity contribution is 7.12. The van der Waals surface area contributed by atoms with Crippen LogP contribution in [0.5, 0.6) is 0 Å². The summed E-state index contributed by atoms with van der Waals surface area (Å²) in [5.74, 6) is -0.885. The molecule has 0 spiro atoms. The lowest BCUT2D eigenvalue weighted by molar-refractivity contribution is -0.136. The maximum absolute atomic E-state index is 11.8. The fourth-order valence-corrected chi connectivity index (χ4v) is 2.04. The largest absolute Gasteiger partial charge is 0.481 e. The van der Waals surface area contributed by atoms with Gasteiger partial charge in [0, 0.05) is 16.3 Å². The summed E-state index contributed by atoms with van der Waals surface area (Å²) >= 11 is 1.32. The molecule has 0 aliphatic heterocycles. The molecule has 1 rings (SSSR count). The fraction of sp³-hybridized carbons (Fsp3) is 0.444. The minimum absolute atomic E-state index is 0.0144. The van der Waals surface area contributed by atoms with E-state index in [2.05, 4.69) is 5.32 Å². The lowest BCUT2D eigenvalue weighted by atomic mass is 10.3. The average Bonchev–Trinajstić information content (AvgIpc) is 2.50. The van der Waals surface area contributed by atoms with E-state index in [4.69, 9.17) is 5.11 Å². The standard InChI is InChI=1S/C9H11F2NO2S/c10-8(11)5-12-4-7-2-1-6(15-7)3-9(13)14/h1-2,8,12H,3-5H2,(H,13,14). The van der Waals surface area contributed by atoms with Crippen LogP contribution in [0.2, 0.25) is 0 Å². The van der Waals surface area contributed by atoms with E-state index in [0.29, 0.717) is 6.54 Å². The lowest BCUT2D eigenvalue weighted by Gasteiger charge is -2.00. The Morgan fingerprint density at radius 1 is 1.47 bits per heavy atom. The first kappa shape index (κ1) is 12.1. The Bertz CT molecular complexity index is 328. The number of carbonyl (C=O) groups is 1. The molecule has 0 atom stereocenters. The average molecular weight is 235 g/mol. The van der Waals surface area contributed by atoms with E-state index in [-0.39, 0.29) is 13.0 Å². The van der Waals surface area contributed by atoms with Crippen LogP contribution in [0.25, 0.3) is 0 Å². The van der Waals surface area contributed by atoms with Gasteiger partial charge in [-0.25, -0.2) is 8.78 Å². The van der Waals surface area contributed by atoms with Gasteiger partial charge in [0.15, 0.2) is 0 Å². The Kier molecular flexibility index (Phi) is 4.64. The van der Waals surface area contributed by atoms with Crippen molar-refractivity contribution in [2.24, 2.45) is 0 Å². The SMILES string of the molecule is O=C(O)Cc1ccc(CNCC(F)F)s1. The Morgan fingerprint density at radius 2 is 2.13 bits per heavy atom. The summed E-state index contributed by atoms with van der Waals surface area (Å²) in [6.07, 6.45) is -2.37. The van der Waals surface area contributed by atoms with Crippen LogP contribution in [0, 0.1) is 0 Å². The number of nitrogens with one attached hydrogen (secondary N) is 1. The van der Waals surface area contributed by atoms with Crippen LogP contribution in [0.3, 0.4) is 0 Å². The quantitative estimate of drug-likeness (QED) is 0.789. The topological polar surface area (TPSA) is 49.3 Å². The van der Waals surface area contributed by atoms with Crippen LogP contribution < -0.4 is 5.32 Å². The second-order valence-corrected chi connectivity index (χ2v) is 4.21. The highest BCUT2D eigenvalue weighted by atomic mass is 32.1. The normalized spacial score (nSPS) is 10.9. The third-order valence-electron chi connectivity index (χ3n) is 1.64. The van der Waals surface area contributed by atoms with E-state index in [9.17, 15) is 13.6 Å². The summed E-state index contributed by atoms with van der Waals surface area (Å²) in [5, 5.41) is 11.1. The highest BCUT2D eigenvalue weighted by Crippen LogP contribution is 2.16. The van der Waals surface area contributed by atoms with Gasteiger partial charge in [0.25, 0.3) is 6.43 Å². The number of halogens is 2. The molecule has 0 bridgehead atoms. The maximum atomic E-state index is 11.8. The molecule has 0 saturated heterocycles. The second-order valence-electron chi connectivity index (χ2n) is 2.96. The van der Waals surface area contributed by atoms with Crippen molar-refractivity contribution in [3.8, 4) is 0 Å². The summed E-state index contributed by atoms with van der Waals surface area (Å²) < 4.78 is 23.6. The van der Waals surface area contributed by atoms with Crippen LogP contribution >= 0.6 is 11.3 Å². The number of aliphatic carboxylic acids is 1. The molecule has 0 amide bonds. The van der Waals surface area contributed by atoms with Gasteiger partial charge in [0.05, 0.1) is 13.0 Å². The molecule has 0 saturated carbocycles. The van der Waals surface area contributed by atoms with Crippen LogP contribution in [-0.4, -0.2) is 24.0 Å². The summed E-state index contributed by atoms with van der Waals surface area (Å²) in [5.41, 5.74) is 0. The predicted octanol–water partition coefficient (Wildman–Crippen LogP) is 1.73. The molecule has 0 unspecified atom stereocenters. The van der Waals surface area contributed by atoms with Crippen molar-refractivity contribution < 1.29 is 18.7 Å². The first-order valence-electron chi connectivity index (χ1n) is 4.36. The minimum Gasteiger partial charge on any atom is -0.481 e. The first-order valence-corrected chi connectivity index (χ1v) is 5.18. The Morgan fingerprint density at radius 3 is 2.73 bits per heavy atom. The van der Waals surface area contributed by atoms with Crippen LogP contribution in [0.1, 0.15) is 9.75 Å². The van der Waals surface area contributed by atoms with Gasteiger partial charge in [-0.15, -0.1) is 11.3 Å². The van der Waals surface area contributed by atoms with Crippen LogP contribution in [-0.2, 0) is 17.8 Å². The van der Waals surface area contributed by atoms with E-state index >= 15 is 0 Å². The van der Waals surface area contributed by atoms with Gasteiger partial charge in [-0.3, -0.25) is 4.79 Å². The molecule has 1 aromatic rings. The first-order chi connectivity index (χ1) is 7.08. The van der Waals surface area contributed by atoms with E-state index < -0.39 is 12.4 Å². The Balaban J connectivity index is 2.36. The van der Waals surface area contributed by atoms with Crippen molar-refractivity contribution in [2.45, 2.75) is 19.4 Å². The highest BCUT2D eigenvalue weighted by Gasteiger charge is 2.05. The molecule has 2 N–H and O–H groups in total. The van der Waals surface area contributed by atoms with Crippen molar-refractivity contribution >= 4 is 17.3 Å². The van der Waals surface area contributed by atoms with Gasteiger partial charge >= 0.3 is 5.97 Å². The number of carboxylic acids is 1. The van der Waals surface area contributed by atoms with Crippen molar-refractivity contribution in [1.29, 1.82) is 0 Å². The van der Waals surface area contributed by atoms with Gasteiger partial charge in [0.2, 0.25) is 0 Å². The zero-order valence-corrected chi connectivity index (χ0v) is 8.69. The molecular formula is C9H11F2NO2S. The van der Waals surface area contributed by atoms with Gasteiger partial charge in [0.1, 0.15) is 0 Å². The Hall–Kier alpha value is -1.01. The molecule has 0 aliphatic rings. The van der Waals surface area contributed by atoms with Crippen LogP contribution in [0.15, 0.2) is 12.1 Å².